The minimum Gasteiger partial charge on any atom is -0.370 e. The second kappa shape index (κ2) is 4.95. The van der Waals surface area contributed by atoms with Crippen LogP contribution in [0, 0.1) is 0 Å². The van der Waals surface area contributed by atoms with Crippen molar-refractivity contribution in [3.63, 3.8) is 0 Å². The molecule has 8 nitrogen and oxygen atoms in total. The zero-order chi connectivity index (χ0) is 14.2. The molecular formula is C12H18N6O2. The highest BCUT2D eigenvalue weighted by Gasteiger charge is 2.31. The van der Waals surface area contributed by atoms with Crippen LogP contribution < -0.4 is 5.32 Å². The number of hydrogen-bond acceptors (Lipinski definition) is 7. The van der Waals surface area contributed by atoms with Crippen LogP contribution in [0.3, 0.4) is 0 Å². The van der Waals surface area contributed by atoms with Gasteiger partial charge in [-0.25, -0.2) is 4.68 Å². The zero-order valence-electron chi connectivity index (χ0n) is 11.8. The van der Waals surface area contributed by atoms with Gasteiger partial charge < -0.3 is 14.6 Å². The summed E-state index contributed by atoms with van der Waals surface area (Å²) in [4.78, 5) is 4.38. The first-order valence-electron chi connectivity index (χ1n) is 6.68. The van der Waals surface area contributed by atoms with E-state index in [1.165, 1.54) is 0 Å². The van der Waals surface area contributed by atoms with Crippen LogP contribution in [-0.4, -0.2) is 45.3 Å². The Bertz CT molecular complexity index is 584. The lowest BCUT2D eigenvalue weighted by Gasteiger charge is -2.26. The van der Waals surface area contributed by atoms with Crippen LogP contribution in [0.25, 0.3) is 11.6 Å². The van der Waals surface area contributed by atoms with Gasteiger partial charge in [-0.3, -0.25) is 0 Å². The summed E-state index contributed by atoms with van der Waals surface area (Å²) in [7, 11) is 1.64. The molecule has 0 saturated carbocycles. The lowest BCUT2D eigenvalue weighted by molar-refractivity contribution is -0.0106. The Morgan fingerprint density at radius 1 is 1.55 bits per heavy atom. The molecule has 0 bridgehead atoms. The summed E-state index contributed by atoms with van der Waals surface area (Å²) in [6, 6.07) is 0.360. The average molecular weight is 278 g/mol. The summed E-state index contributed by atoms with van der Waals surface area (Å²) >= 11 is 0. The van der Waals surface area contributed by atoms with E-state index in [9.17, 15) is 0 Å². The van der Waals surface area contributed by atoms with Crippen molar-refractivity contribution in [1.29, 1.82) is 0 Å². The highest BCUT2D eigenvalue weighted by molar-refractivity contribution is 5.43. The van der Waals surface area contributed by atoms with E-state index >= 15 is 0 Å². The second-order valence-electron chi connectivity index (χ2n) is 5.11. The Morgan fingerprint density at radius 3 is 2.95 bits per heavy atom. The van der Waals surface area contributed by atoms with Gasteiger partial charge in [0.05, 0.1) is 12.2 Å². The number of nitrogens with zero attached hydrogens (tertiary/aromatic N) is 5. The average Bonchev–Trinajstić information content (AvgIpc) is 3.04. The SMILES string of the molecule is CCC(C)(OC)c1noc(-c2cn(C3CNC3)nn2)n1. The maximum Gasteiger partial charge on any atom is 0.280 e. The predicted octanol–water partition coefficient (Wildman–Crippen LogP) is 0.744. The van der Waals surface area contributed by atoms with Crippen molar-refractivity contribution in [2.75, 3.05) is 20.2 Å². The molecular weight excluding hydrogens is 260 g/mol. The third kappa shape index (κ3) is 2.10. The largest absolute Gasteiger partial charge is 0.370 e. The summed E-state index contributed by atoms with van der Waals surface area (Å²) in [5, 5.41) is 15.4. The molecule has 108 valence electrons. The lowest BCUT2D eigenvalue weighted by Crippen LogP contribution is -2.43. The fourth-order valence-electron chi connectivity index (χ4n) is 1.95. The molecule has 1 unspecified atom stereocenters. The summed E-state index contributed by atoms with van der Waals surface area (Å²) in [5.74, 6) is 0.896. The molecule has 1 saturated heterocycles. The maximum absolute atomic E-state index is 5.46. The molecule has 8 heteroatoms. The molecule has 2 aromatic heterocycles. The van der Waals surface area contributed by atoms with Gasteiger partial charge in [0, 0.05) is 20.2 Å². The highest BCUT2D eigenvalue weighted by Crippen LogP contribution is 2.27. The van der Waals surface area contributed by atoms with Crippen molar-refractivity contribution in [3.8, 4) is 11.6 Å². The van der Waals surface area contributed by atoms with E-state index in [0.717, 1.165) is 19.5 Å². The molecule has 1 fully saturated rings. The molecule has 0 aromatic carbocycles. The van der Waals surface area contributed by atoms with Crippen LogP contribution in [0.5, 0.6) is 0 Å². The molecule has 1 atom stereocenters. The smallest absolute Gasteiger partial charge is 0.280 e. The van der Waals surface area contributed by atoms with Crippen molar-refractivity contribution in [3.05, 3.63) is 12.0 Å². The molecule has 3 heterocycles. The predicted molar refractivity (Wildman–Crippen MR) is 69.9 cm³/mol. The minimum absolute atomic E-state index is 0.360. The first kappa shape index (κ1) is 13.2. The summed E-state index contributed by atoms with van der Waals surface area (Å²) < 4.78 is 12.6. The van der Waals surface area contributed by atoms with Crippen molar-refractivity contribution < 1.29 is 9.26 Å². The molecule has 0 radical (unpaired) electrons. The standard InChI is InChI=1S/C12H18N6O2/c1-4-12(2,19-3)11-14-10(20-16-11)9-7-18(17-15-9)8-5-13-6-8/h7-8,13H,4-6H2,1-3H3. The van der Waals surface area contributed by atoms with Crippen LogP contribution >= 0.6 is 0 Å². The summed E-state index contributed by atoms with van der Waals surface area (Å²) in [6.45, 7) is 5.77. The van der Waals surface area contributed by atoms with Gasteiger partial charge in [0.15, 0.2) is 5.69 Å². The third-order valence-corrected chi connectivity index (χ3v) is 3.89. The van der Waals surface area contributed by atoms with Crippen LogP contribution in [-0.2, 0) is 10.3 Å². The number of methoxy groups -OCH3 is 1. The summed E-state index contributed by atoms with van der Waals surface area (Å²) in [6.07, 6.45) is 2.59. The van der Waals surface area contributed by atoms with Crippen molar-refractivity contribution in [2.24, 2.45) is 0 Å². The number of nitrogens with one attached hydrogen (secondary N) is 1. The Morgan fingerprint density at radius 2 is 2.35 bits per heavy atom. The van der Waals surface area contributed by atoms with E-state index in [-0.39, 0.29) is 0 Å². The van der Waals surface area contributed by atoms with Crippen LogP contribution in [0.2, 0.25) is 0 Å². The van der Waals surface area contributed by atoms with E-state index < -0.39 is 5.60 Å². The van der Waals surface area contributed by atoms with Crippen LogP contribution in [0.4, 0.5) is 0 Å². The number of rotatable bonds is 5. The van der Waals surface area contributed by atoms with Gasteiger partial charge in [-0.05, 0) is 13.3 Å². The Balaban J connectivity index is 1.84. The molecule has 0 aliphatic carbocycles. The quantitative estimate of drug-likeness (QED) is 0.862. The highest BCUT2D eigenvalue weighted by atomic mass is 16.5. The van der Waals surface area contributed by atoms with E-state index in [1.54, 1.807) is 7.11 Å². The molecule has 1 aliphatic heterocycles. The third-order valence-electron chi connectivity index (χ3n) is 3.89. The van der Waals surface area contributed by atoms with Crippen molar-refractivity contribution in [1.82, 2.24) is 30.5 Å². The Labute approximate surface area is 116 Å². The molecule has 20 heavy (non-hydrogen) atoms. The van der Waals surface area contributed by atoms with E-state index in [2.05, 4.69) is 25.8 Å². The van der Waals surface area contributed by atoms with Gasteiger partial charge in [-0.15, -0.1) is 5.10 Å². The molecule has 1 aliphatic rings. The summed E-state index contributed by atoms with van der Waals surface area (Å²) in [5.41, 5.74) is 0.0422. The van der Waals surface area contributed by atoms with Gasteiger partial charge in [0.1, 0.15) is 5.60 Å². The molecule has 1 N–H and O–H groups in total. The Kier molecular flexibility index (Phi) is 3.27. The van der Waals surface area contributed by atoms with Gasteiger partial charge >= 0.3 is 0 Å². The Hall–Kier alpha value is -1.80. The fourth-order valence-corrected chi connectivity index (χ4v) is 1.95. The first-order chi connectivity index (χ1) is 9.66. The monoisotopic (exact) mass is 278 g/mol. The van der Waals surface area contributed by atoms with Crippen molar-refractivity contribution >= 4 is 0 Å². The van der Waals surface area contributed by atoms with Crippen LogP contribution in [0.15, 0.2) is 10.7 Å². The number of ether oxygens (including phenoxy) is 1. The zero-order valence-corrected chi connectivity index (χ0v) is 11.8. The lowest BCUT2D eigenvalue weighted by atomic mass is 10.0. The maximum atomic E-state index is 5.46. The number of hydrogen-bond donors (Lipinski definition) is 1. The van der Waals surface area contributed by atoms with Gasteiger partial charge in [-0.1, -0.05) is 17.3 Å². The van der Waals surface area contributed by atoms with E-state index in [0.29, 0.717) is 23.5 Å². The molecule has 0 spiro atoms. The first-order valence-corrected chi connectivity index (χ1v) is 6.68. The number of aromatic nitrogens is 5. The second-order valence-corrected chi connectivity index (χ2v) is 5.11. The molecule has 2 aromatic rings. The fraction of sp³-hybridized carbons (Fsp3) is 0.667. The molecule has 3 rings (SSSR count). The van der Waals surface area contributed by atoms with Crippen LogP contribution in [0.1, 0.15) is 32.1 Å². The molecule has 0 amide bonds. The van der Waals surface area contributed by atoms with E-state index in [4.69, 9.17) is 9.26 Å². The van der Waals surface area contributed by atoms with Gasteiger partial charge in [0.2, 0.25) is 5.82 Å². The topological polar surface area (TPSA) is 90.9 Å². The normalized spacial score (nSPS) is 18.8. The minimum atomic E-state index is -0.546. The van der Waals surface area contributed by atoms with Gasteiger partial charge in [0.25, 0.3) is 5.89 Å². The van der Waals surface area contributed by atoms with Gasteiger partial charge in [-0.2, -0.15) is 4.98 Å². The van der Waals surface area contributed by atoms with Crippen molar-refractivity contribution in [2.45, 2.75) is 31.9 Å². The van der Waals surface area contributed by atoms with E-state index in [1.807, 2.05) is 24.7 Å².